The summed E-state index contributed by atoms with van der Waals surface area (Å²) in [6.07, 6.45) is 0. The molecule has 3 rings (SSSR count). The average Bonchev–Trinajstić information content (AvgIpc) is 2.86. The van der Waals surface area contributed by atoms with Gasteiger partial charge in [0.25, 0.3) is 4.84 Å². The Morgan fingerprint density at radius 3 is 2.61 bits per heavy atom. The summed E-state index contributed by atoms with van der Waals surface area (Å²) < 4.78 is 7.03. The molecule has 0 unspecified atom stereocenters. The molecule has 1 N–H and O–H groups in total. The second-order valence-electron chi connectivity index (χ2n) is 4.64. The fraction of sp³-hybridized carbons (Fsp3) is 0.0667. The number of nitrogens with zero attached hydrogens (tertiary/aromatic N) is 2. The number of anilines is 1. The van der Waals surface area contributed by atoms with E-state index in [0.717, 1.165) is 5.69 Å². The fourth-order valence-electron chi connectivity index (χ4n) is 1.94. The molecular formula is C15H10Cl3N3OS. The molecule has 0 aliphatic heterocycles. The summed E-state index contributed by atoms with van der Waals surface area (Å²) in [5, 5.41) is 9.13. The van der Waals surface area contributed by atoms with E-state index in [1.54, 1.807) is 24.3 Å². The van der Waals surface area contributed by atoms with E-state index < -0.39 is 0 Å². The first-order valence-corrected chi connectivity index (χ1v) is 8.10. The fourth-order valence-corrected chi connectivity index (χ4v) is 2.81. The molecule has 4 nitrogen and oxygen atoms in total. The molecule has 118 valence electrons. The monoisotopic (exact) mass is 385 g/mol. The summed E-state index contributed by atoms with van der Waals surface area (Å²) in [5.74, 6) is 0.338. The summed E-state index contributed by atoms with van der Waals surface area (Å²) in [5.41, 5.74) is 1.48. The maximum atomic E-state index is 6.16. The number of benzene rings is 2. The lowest BCUT2D eigenvalue weighted by Crippen LogP contribution is -2.09. The molecule has 0 saturated carbocycles. The molecule has 0 aliphatic carbocycles. The summed E-state index contributed by atoms with van der Waals surface area (Å²) in [7, 11) is 0. The van der Waals surface area contributed by atoms with Gasteiger partial charge >= 0.3 is 0 Å². The highest BCUT2D eigenvalue weighted by atomic mass is 35.5. The van der Waals surface area contributed by atoms with Crippen LogP contribution in [0.5, 0.6) is 0 Å². The van der Waals surface area contributed by atoms with Crippen molar-refractivity contribution in [3.8, 4) is 11.5 Å². The third kappa shape index (κ3) is 3.87. The minimum absolute atomic E-state index is 0.237. The zero-order valence-electron chi connectivity index (χ0n) is 11.6. The van der Waals surface area contributed by atoms with Crippen LogP contribution >= 0.6 is 47.0 Å². The SMILES string of the molecule is S=c1oc(-c2ccc(Cl)cc2Cl)nn1CNc1cccc(Cl)c1. The molecule has 0 spiro atoms. The largest absolute Gasteiger partial charge is 0.409 e. The van der Waals surface area contributed by atoms with Crippen molar-refractivity contribution in [2.24, 2.45) is 0 Å². The number of hydrogen-bond donors (Lipinski definition) is 1. The molecule has 1 aromatic heterocycles. The van der Waals surface area contributed by atoms with Crippen molar-refractivity contribution >= 4 is 52.7 Å². The molecule has 1 heterocycles. The lowest BCUT2D eigenvalue weighted by Gasteiger charge is -2.05. The van der Waals surface area contributed by atoms with Gasteiger partial charge in [0.2, 0.25) is 5.89 Å². The van der Waals surface area contributed by atoms with E-state index in [2.05, 4.69) is 10.4 Å². The van der Waals surface area contributed by atoms with E-state index in [4.69, 9.17) is 51.4 Å². The third-order valence-corrected chi connectivity index (χ3v) is 4.10. The zero-order chi connectivity index (χ0) is 16.4. The summed E-state index contributed by atoms with van der Waals surface area (Å²) >= 11 is 23.2. The van der Waals surface area contributed by atoms with Crippen molar-refractivity contribution in [2.45, 2.75) is 6.67 Å². The molecular weight excluding hydrogens is 377 g/mol. The summed E-state index contributed by atoms with van der Waals surface area (Å²) in [4.78, 5) is 0.237. The predicted molar refractivity (Wildman–Crippen MR) is 95.9 cm³/mol. The van der Waals surface area contributed by atoms with Crippen LogP contribution in [0.25, 0.3) is 11.5 Å². The Kier molecular flexibility index (Phi) is 4.92. The van der Waals surface area contributed by atoms with Crippen molar-refractivity contribution in [3.63, 3.8) is 0 Å². The number of aromatic nitrogens is 2. The molecule has 23 heavy (non-hydrogen) atoms. The van der Waals surface area contributed by atoms with Gasteiger partial charge in [0.1, 0.15) is 6.67 Å². The van der Waals surface area contributed by atoms with Gasteiger partial charge in [-0.1, -0.05) is 40.9 Å². The first kappa shape index (κ1) is 16.3. The van der Waals surface area contributed by atoms with Gasteiger partial charge in [-0.05, 0) is 48.6 Å². The standard InChI is InChI=1S/C15H10Cl3N3OS/c16-9-2-1-3-11(6-9)19-8-21-15(23)22-14(20-21)12-5-4-10(17)7-13(12)18/h1-7,19H,8H2. The van der Waals surface area contributed by atoms with E-state index >= 15 is 0 Å². The van der Waals surface area contributed by atoms with Gasteiger partial charge in [-0.15, -0.1) is 5.10 Å². The number of halogens is 3. The lowest BCUT2D eigenvalue weighted by atomic mass is 10.2. The van der Waals surface area contributed by atoms with Crippen molar-refractivity contribution in [3.05, 3.63) is 62.4 Å². The molecule has 0 saturated heterocycles. The van der Waals surface area contributed by atoms with Crippen LogP contribution in [0.3, 0.4) is 0 Å². The second kappa shape index (κ2) is 6.93. The van der Waals surface area contributed by atoms with Crippen LogP contribution in [0.15, 0.2) is 46.9 Å². The van der Waals surface area contributed by atoms with Gasteiger partial charge in [0.05, 0.1) is 10.6 Å². The first-order chi connectivity index (χ1) is 11.0. The Balaban J connectivity index is 1.82. The first-order valence-electron chi connectivity index (χ1n) is 6.56. The lowest BCUT2D eigenvalue weighted by molar-refractivity contribution is 0.522. The van der Waals surface area contributed by atoms with Crippen LogP contribution in [0.1, 0.15) is 0 Å². The topological polar surface area (TPSA) is 43.0 Å². The van der Waals surface area contributed by atoms with Crippen molar-refractivity contribution < 1.29 is 4.42 Å². The quantitative estimate of drug-likeness (QED) is 0.567. The molecule has 0 fully saturated rings. The van der Waals surface area contributed by atoms with Gasteiger partial charge in [0.15, 0.2) is 0 Å². The Morgan fingerprint density at radius 2 is 1.87 bits per heavy atom. The van der Waals surface area contributed by atoms with Crippen LogP contribution in [0.2, 0.25) is 15.1 Å². The molecule has 0 atom stereocenters. The van der Waals surface area contributed by atoms with Crippen molar-refractivity contribution in [1.29, 1.82) is 0 Å². The Hall–Kier alpha value is -1.53. The van der Waals surface area contributed by atoms with E-state index in [1.807, 2.05) is 18.2 Å². The van der Waals surface area contributed by atoms with Crippen LogP contribution in [-0.2, 0) is 6.67 Å². The van der Waals surface area contributed by atoms with Gasteiger partial charge in [0, 0.05) is 15.7 Å². The zero-order valence-corrected chi connectivity index (χ0v) is 14.7. The van der Waals surface area contributed by atoms with E-state index in [-0.39, 0.29) is 4.84 Å². The molecule has 0 radical (unpaired) electrons. The minimum Gasteiger partial charge on any atom is -0.409 e. The van der Waals surface area contributed by atoms with Crippen LogP contribution in [0, 0.1) is 4.84 Å². The van der Waals surface area contributed by atoms with Crippen molar-refractivity contribution in [2.75, 3.05) is 5.32 Å². The number of hydrogen-bond acceptors (Lipinski definition) is 4. The summed E-state index contributed by atoms with van der Waals surface area (Å²) in [6, 6.07) is 12.4. The predicted octanol–water partition coefficient (Wildman–Crippen LogP) is 5.90. The van der Waals surface area contributed by atoms with Crippen LogP contribution < -0.4 is 5.32 Å². The Bertz CT molecular complexity index is 907. The summed E-state index contributed by atoms with van der Waals surface area (Å²) in [6.45, 7) is 0.341. The van der Waals surface area contributed by atoms with Crippen LogP contribution in [-0.4, -0.2) is 9.78 Å². The van der Waals surface area contributed by atoms with Gasteiger partial charge < -0.3 is 9.73 Å². The molecule has 0 bridgehead atoms. The second-order valence-corrected chi connectivity index (χ2v) is 6.27. The van der Waals surface area contributed by atoms with Gasteiger partial charge in [-0.3, -0.25) is 0 Å². The molecule has 0 amide bonds. The normalized spacial score (nSPS) is 10.7. The number of nitrogens with one attached hydrogen (secondary N) is 1. The van der Waals surface area contributed by atoms with E-state index in [0.29, 0.717) is 33.2 Å². The van der Waals surface area contributed by atoms with Gasteiger partial charge in [-0.25, -0.2) is 4.68 Å². The van der Waals surface area contributed by atoms with E-state index in [1.165, 1.54) is 4.68 Å². The van der Waals surface area contributed by atoms with E-state index in [9.17, 15) is 0 Å². The van der Waals surface area contributed by atoms with Gasteiger partial charge in [-0.2, -0.15) is 0 Å². The highest BCUT2D eigenvalue weighted by Gasteiger charge is 2.12. The molecule has 3 aromatic rings. The van der Waals surface area contributed by atoms with Crippen molar-refractivity contribution in [1.82, 2.24) is 9.78 Å². The van der Waals surface area contributed by atoms with Crippen LogP contribution in [0.4, 0.5) is 5.69 Å². The maximum absolute atomic E-state index is 6.16. The average molecular weight is 387 g/mol. The highest BCUT2D eigenvalue weighted by molar-refractivity contribution is 7.71. The Labute approximate surface area is 152 Å². The maximum Gasteiger partial charge on any atom is 0.289 e. The molecule has 8 heteroatoms. The molecule has 2 aromatic carbocycles. The number of rotatable bonds is 4. The molecule has 0 aliphatic rings. The highest BCUT2D eigenvalue weighted by Crippen LogP contribution is 2.29. The smallest absolute Gasteiger partial charge is 0.289 e. The minimum atomic E-state index is 0.237. The Morgan fingerprint density at radius 1 is 1.09 bits per heavy atom. The third-order valence-electron chi connectivity index (χ3n) is 3.03.